The maximum Gasteiger partial charge on any atom is 0.108 e. The van der Waals surface area contributed by atoms with Gasteiger partial charge < -0.3 is 29.9 Å². The molecule has 6 nitrogen and oxygen atoms in total. The minimum Gasteiger partial charge on any atom is -0.394 e. The van der Waals surface area contributed by atoms with Gasteiger partial charge in [0.05, 0.1) is 25.9 Å². The summed E-state index contributed by atoms with van der Waals surface area (Å²) < 4.78 is 10.2. The first-order valence-corrected chi connectivity index (χ1v) is 5.91. The summed E-state index contributed by atoms with van der Waals surface area (Å²) in [5.74, 6) is 0. The summed E-state index contributed by atoms with van der Waals surface area (Å²) in [6.07, 6.45) is -3.17. The van der Waals surface area contributed by atoms with Crippen molar-refractivity contribution in [3.63, 3.8) is 0 Å². The Morgan fingerprint density at radius 1 is 1.06 bits per heavy atom. The highest BCUT2D eigenvalue weighted by Gasteiger charge is 2.26. The molecule has 4 unspecified atom stereocenters. The fourth-order valence-electron chi connectivity index (χ4n) is 1.33. The fraction of sp³-hybridized carbons (Fsp3) is 1.00. The molecule has 0 aromatic heterocycles. The number of ether oxygens (including phenoxy) is 2. The maximum atomic E-state index is 9.79. The molecule has 4 atom stereocenters. The summed E-state index contributed by atoms with van der Waals surface area (Å²) in [7, 11) is 0. The molecular weight excluding hydrogens is 228 g/mol. The molecule has 4 N–H and O–H groups in total. The number of hydrogen-bond acceptors (Lipinski definition) is 6. The summed E-state index contributed by atoms with van der Waals surface area (Å²) in [5.41, 5.74) is 0. The second kappa shape index (κ2) is 9.76. The minimum absolute atomic E-state index is 0.0417. The SMILES string of the molecule is CCOCC(O)C(O)C(CC)OCC(O)CO. The van der Waals surface area contributed by atoms with Crippen LogP contribution in [0.25, 0.3) is 0 Å². The van der Waals surface area contributed by atoms with Gasteiger partial charge in [0.15, 0.2) is 0 Å². The number of aliphatic hydroxyl groups excluding tert-OH is 4. The zero-order chi connectivity index (χ0) is 13.3. The largest absolute Gasteiger partial charge is 0.394 e. The molecule has 0 radical (unpaired) electrons. The second-order valence-electron chi connectivity index (χ2n) is 3.83. The van der Waals surface area contributed by atoms with Crippen molar-refractivity contribution in [3.05, 3.63) is 0 Å². The van der Waals surface area contributed by atoms with Gasteiger partial charge in [0, 0.05) is 6.61 Å². The monoisotopic (exact) mass is 252 g/mol. The van der Waals surface area contributed by atoms with Gasteiger partial charge in [-0.05, 0) is 13.3 Å². The highest BCUT2D eigenvalue weighted by molar-refractivity contribution is 4.76. The van der Waals surface area contributed by atoms with Crippen molar-refractivity contribution in [2.24, 2.45) is 0 Å². The van der Waals surface area contributed by atoms with Gasteiger partial charge in [0.25, 0.3) is 0 Å². The van der Waals surface area contributed by atoms with Gasteiger partial charge in [0.2, 0.25) is 0 Å². The Kier molecular flexibility index (Phi) is 9.62. The van der Waals surface area contributed by atoms with E-state index in [4.69, 9.17) is 19.7 Å². The molecule has 0 rings (SSSR count). The first kappa shape index (κ1) is 16.8. The second-order valence-corrected chi connectivity index (χ2v) is 3.83. The smallest absolute Gasteiger partial charge is 0.108 e. The lowest BCUT2D eigenvalue weighted by atomic mass is 10.1. The standard InChI is InChI=1S/C11H24O6/c1-3-10(17-6-8(13)5-12)11(15)9(14)7-16-4-2/h8-15H,3-7H2,1-2H3. The average Bonchev–Trinajstić information content (AvgIpc) is 2.35. The van der Waals surface area contributed by atoms with Crippen LogP contribution in [0.2, 0.25) is 0 Å². The van der Waals surface area contributed by atoms with Gasteiger partial charge in [-0.3, -0.25) is 0 Å². The summed E-state index contributed by atoms with van der Waals surface area (Å²) in [6.45, 7) is 3.63. The predicted octanol–water partition coefficient (Wildman–Crippen LogP) is -1.11. The Bertz CT molecular complexity index is 177. The Morgan fingerprint density at radius 3 is 2.18 bits per heavy atom. The molecule has 6 heteroatoms. The molecule has 0 heterocycles. The van der Waals surface area contributed by atoms with Crippen molar-refractivity contribution in [1.82, 2.24) is 0 Å². The van der Waals surface area contributed by atoms with Gasteiger partial charge in [-0.1, -0.05) is 6.92 Å². The zero-order valence-corrected chi connectivity index (χ0v) is 10.5. The van der Waals surface area contributed by atoms with Crippen LogP contribution >= 0.6 is 0 Å². The molecule has 0 aliphatic carbocycles. The molecule has 0 saturated carbocycles. The quantitative estimate of drug-likeness (QED) is 0.393. The molecule has 0 aliphatic rings. The molecule has 0 bridgehead atoms. The summed E-state index contributed by atoms with van der Waals surface area (Å²) in [5, 5.41) is 37.1. The van der Waals surface area contributed by atoms with Crippen LogP contribution in [-0.2, 0) is 9.47 Å². The summed E-state index contributed by atoms with van der Waals surface area (Å²) >= 11 is 0. The highest BCUT2D eigenvalue weighted by Crippen LogP contribution is 2.09. The maximum absolute atomic E-state index is 9.79. The van der Waals surface area contributed by atoms with Crippen molar-refractivity contribution in [2.45, 2.75) is 44.7 Å². The molecule has 17 heavy (non-hydrogen) atoms. The third-order valence-corrected chi connectivity index (χ3v) is 2.38. The van der Waals surface area contributed by atoms with E-state index in [-0.39, 0.29) is 13.2 Å². The van der Waals surface area contributed by atoms with Crippen LogP contribution in [0.1, 0.15) is 20.3 Å². The van der Waals surface area contributed by atoms with Crippen LogP contribution in [0.3, 0.4) is 0 Å². The Hall–Kier alpha value is -0.240. The Balaban J connectivity index is 4.05. The average molecular weight is 252 g/mol. The van der Waals surface area contributed by atoms with Crippen LogP contribution in [0.5, 0.6) is 0 Å². The summed E-state index contributed by atoms with van der Waals surface area (Å²) in [6, 6.07) is 0. The van der Waals surface area contributed by atoms with E-state index in [1.54, 1.807) is 13.8 Å². The molecular formula is C11H24O6. The van der Waals surface area contributed by atoms with Crippen molar-refractivity contribution < 1.29 is 29.9 Å². The normalized spacial score (nSPS) is 18.7. The molecule has 104 valence electrons. The molecule has 0 spiro atoms. The van der Waals surface area contributed by atoms with E-state index in [2.05, 4.69) is 0 Å². The third kappa shape index (κ3) is 6.92. The van der Waals surface area contributed by atoms with E-state index >= 15 is 0 Å². The summed E-state index contributed by atoms with van der Waals surface area (Å²) in [4.78, 5) is 0. The number of rotatable bonds is 10. The lowest BCUT2D eigenvalue weighted by Crippen LogP contribution is -2.42. The number of hydrogen-bond donors (Lipinski definition) is 4. The predicted molar refractivity (Wildman–Crippen MR) is 61.6 cm³/mol. The molecule has 0 aromatic carbocycles. The fourth-order valence-corrected chi connectivity index (χ4v) is 1.33. The van der Waals surface area contributed by atoms with E-state index in [0.29, 0.717) is 13.0 Å². The molecule has 0 fully saturated rings. The van der Waals surface area contributed by atoms with Gasteiger partial charge in [-0.2, -0.15) is 0 Å². The van der Waals surface area contributed by atoms with Crippen molar-refractivity contribution in [1.29, 1.82) is 0 Å². The topological polar surface area (TPSA) is 99.4 Å². The van der Waals surface area contributed by atoms with Crippen LogP contribution < -0.4 is 0 Å². The zero-order valence-electron chi connectivity index (χ0n) is 10.5. The van der Waals surface area contributed by atoms with Crippen LogP contribution in [0, 0.1) is 0 Å². The van der Waals surface area contributed by atoms with Crippen molar-refractivity contribution in [3.8, 4) is 0 Å². The van der Waals surface area contributed by atoms with Gasteiger partial charge in [-0.25, -0.2) is 0 Å². The van der Waals surface area contributed by atoms with Crippen LogP contribution in [0.15, 0.2) is 0 Å². The first-order chi connectivity index (χ1) is 8.06. The lowest BCUT2D eigenvalue weighted by molar-refractivity contribution is -0.124. The van der Waals surface area contributed by atoms with Crippen molar-refractivity contribution in [2.75, 3.05) is 26.4 Å². The van der Waals surface area contributed by atoms with E-state index in [1.807, 2.05) is 0 Å². The Labute approximate surface area is 102 Å². The van der Waals surface area contributed by atoms with E-state index in [1.165, 1.54) is 0 Å². The molecule has 0 saturated heterocycles. The van der Waals surface area contributed by atoms with Gasteiger partial charge in [0.1, 0.15) is 18.3 Å². The lowest BCUT2D eigenvalue weighted by Gasteiger charge is -2.26. The van der Waals surface area contributed by atoms with E-state index in [9.17, 15) is 10.2 Å². The first-order valence-electron chi connectivity index (χ1n) is 5.91. The van der Waals surface area contributed by atoms with Gasteiger partial charge in [-0.15, -0.1) is 0 Å². The third-order valence-electron chi connectivity index (χ3n) is 2.38. The van der Waals surface area contributed by atoms with Crippen molar-refractivity contribution >= 4 is 0 Å². The Morgan fingerprint density at radius 2 is 1.71 bits per heavy atom. The van der Waals surface area contributed by atoms with Crippen LogP contribution in [-0.4, -0.2) is 71.3 Å². The molecule has 0 aromatic rings. The molecule has 0 aliphatic heterocycles. The van der Waals surface area contributed by atoms with Crippen LogP contribution in [0.4, 0.5) is 0 Å². The van der Waals surface area contributed by atoms with Gasteiger partial charge >= 0.3 is 0 Å². The van der Waals surface area contributed by atoms with E-state index in [0.717, 1.165) is 0 Å². The van der Waals surface area contributed by atoms with E-state index < -0.39 is 31.0 Å². The minimum atomic E-state index is -1.07. The highest BCUT2D eigenvalue weighted by atomic mass is 16.5. The molecule has 0 amide bonds. The number of aliphatic hydroxyl groups is 4.